The van der Waals surface area contributed by atoms with Crippen molar-refractivity contribution in [3.8, 4) is 0 Å². The first-order valence-electron chi connectivity index (χ1n) is 9.94. The fraction of sp³-hybridized carbons (Fsp3) is 0.550. The lowest BCUT2D eigenvalue weighted by Gasteiger charge is -2.30. The Kier molecular flexibility index (Phi) is 4.32. The van der Waals surface area contributed by atoms with Gasteiger partial charge in [-0.05, 0) is 50.2 Å². The first kappa shape index (κ1) is 16.7. The standard InChI is InChI=1S/C20H25N5O2/c26-20(18-13-25(23-22-18)15-7-9-27-10-8-15)21-17-3-1-2-4-19(17)24-12-14-5-6-16(24)11-14/h1-4,13-16H,5-12H2,(H,21,26)/t14-,16-/m0/s1. The zero-order valence-corrected chi connectivity index (χ0v) is 15.4. The second-order valence-corrected chi connectivity index (χ2v) is 7.88. The monoisotopic (exact) mass is 367 g/mol. The predicted octanol–water partition coefficient (Wildman–Crippen LogP) is 2.87. The molecule has 2 aromatic rings. The number of nitrogens with one attached hydrogen (secondary N) is 1. The van der Waals surface area contributed by atoms with Gasteiger partial charge >= 0.3 is 0 Å². The van der Waals surface area contributed by atoms with Gasteiger partial charge in [-0.1, -0.05) is 17.3 Å². The van der Waals surface area contributed by atoms with E-state index in [1.54, 1.807) is 6.20 Å². The van der Waals surface area contributed by atoms with Crippen molar-refractivity contribution in [3.05, 3.63) is 36.2 Å². The number of ether oxygens (including phenoxy) is 1. The fourth-order valence-corrected chi connectivity index (χ4v) is 4.74. The first-order chi connectivity index (χ1) is 13.3. The summed E-state index contributed by atoms with van der Waals surface area (Å²) in [6.45, 7) is 2.56. The maximum Gasteiger partial charge on any atom is 0.277 e. The second kappa shape index (κ2) is 6.96. The van der Waals surface area contributed by atoms with E-state index in [1.807, 2.05) is 22.9 Å². The summed E-state index contributed by atoms with van der Waals surface area (Å²) in [5.74, 6) is 0.600. The molecule has 7 heteroatoms. The van der Waals surface area contributed by atoms with Gasteiger partial charge in [-0.3, -0.25) is 4.79 Å². The molecule has 1 saturated carbocycles. The summed E-state index contributed by atoms with van der Waals surface area (Å²) in [7, 11) is 0. The summed E-state index contributed by atoms with van der Waals surface area (Å²) in [5, 5.41) is 11.3. The van der Waals surface area contributed by atoms with E-state index < -0.39 is 0 Å². The smallest absolute Gasteiger partial charge is 0.277 e. The molecule has 2 bridgehead atoms. The molecular weight excluding hydrogens is 342 g/mol. The number of hydrogen-bond donors (Lipinski definition) is 1. The fourth-order valence-electron chi connectivity index (χ4n) is 4.74. The number of piperidine rings is 1. The van der Waals surface area contributed by atoms with Crippen LogP contribution in [0.5, 0.6) is 0 Å². The molecule has 1 amide bonds. The van der Waals surface area contributed by atoms with Gasteiger partial charge in [0.15, 0.2) is 5.69 Å². The summed E-state index contributed by atoms with van der Waals surface area (Å²) in [6, 6.07) is 8.96. The van der Waals surface area contributed by atoms with Gasteiger partial charge in [0, 0.05) is 25.8 Å². The molecule has 7 nitrogen and oxygen atoms in total. The molecule has 1 aromatic carbocycles. The molecule has 2 atom stereocenters. The summed E-state index contributed by atoms with van der Waals surface area (Å²) in [4.78, 5) is 15.2. The van der Waals surface area contributed by atoms with E-state index in [2.05, 4.69) is 26.6 Å². The van der Waals surface area contributed by atoms with Gasteiger partial charge in [-0.15, -0.1) is 5.10 Å². The third kappa shape index (κ3) is 3.20. The summed E-state index contributed by atoms with van der Waals surface area (Å²) in [5.41, 5.74) is 2.34. The van der Waals surface area contributed by atoms with Crippen LogP contribution in [-0.2, 0) is 4.74 Å². The molecule has 3 heterocycles. The summed E-state index contributed by atoms with van der Waals surface area (Å²) < 4.78 is 7.20. The lowest BCUT2D eigenvalue weighted by molar-refractivity contribution is 0.0657. The molecule has 3 fully saturated rings. The van der Waals surface area contributed by atoms with Crippen LogP contribution in [0.25, 0.3) is 0 Å². The minimum absolute atomic E-state index is 0.204. The molecule has 142 valence electrons. The van der Waals surface area contributed by atoms with Gasteiger partial charge in [0.05, 0.1) is 23.6 Å². The van der Waals surface area contributed by atoms with Crippen molar-refractivity contribution in [1.82, 2.24) is 15.0 Å². The number of carbonyl (C=O) groups excluding carboxylic acids is 1. The minimum Gasteiger partial charge on any atom is -0.381 e. The highest BCUT2D eigenvalue weighted by atomic mass is 16.5. The summed E-state index contributed by atoms with van der Waals surface area (Å²) in [6.07, 6.45) is 7.44. The Morgan fingerprint density at radius 3 is 2.74 bits per heavy atom. The van der Waals surface area contributed by atoms with Crippen LogP contribution in [0.4, 0.5) is 11.4 Å². The van der Waals surface area contributed by atoms with E-state index in [9.17, 15) is 4.79 Å². The van der Waals surface area contributed by atoms with Gasteiger partial charge in [0.2, 0.25) is 0 Å². The number of rotatable bonds is 4. The highest BCUT2D eigenvalue weighted by Crippen LogP contribution is 2.42. The molecule has 2 saturated heterocycles. The number of anilines is 2. The Morgan fingerprint density at radius 1 is 1.11 bits per heavy atom. The number of carbonyl (C=O) groups is 1. The Morgan fingerprint density at radius 2 is 1.96 bits per heavy atom. The maximum atomic E-state index is 12.8. The molecule has 0 radical (unpaired) electrons. The maximum absolute atomic E-state index is 12.8. The number of fused-ring (bicyclic) bond motifs is 2. The van der Waals surface area contributed by atoms with Gasteiger partial charge in [0.1, 0.15) is 0 Å². The van der Waals surface area contributed by atoms with E-state index >= 15 is 0 Å². The van der Waals surface area contributed by atoms with E-state index in [1.165, 1.54) is 19.3 Å². The lowest BCUT2D eigenvalue weighted by atomic mass is 10.1. The van der Waals surface area contributed by atoms with E-state index in [0.29, 0.717) is 11.7 Å². The predicted molar refractivity (Wildman–Crippen MR) is 102 cm³/mol. The van der Waals surface area contributed by atoms with Crippen molar-refractivity contribution in [1.29, 1.82) is 0 Å². The van der Waals surface area contributed by atoms with Crippen LogP contribution in [0, 0.1) is 5.92 Å². The number of amides is 1. The molecule has 2 aliphatic heterocycles. The molecule has 5 rings (SSSR count). The topological polar surface area (TPSA) is 72.3 Å². The molecule has 0 unspecified atom stereocenters. The number of benzene rings is 1. The molecule has 27 heavy (non-hydrogen) atoms. The Bertz CT molecular complexity index is 829. The van der Waals surface area contributed by atoms with Crippen LogP contribution < -0.4 is 10.2 Å². The zero-order chi connectivity index (χ0) is 18.2. The average molecular weight is 367 g/mol. The molecule has 3 aliphatic rings. The second-order valence-electron chi connectivity index (χ2n) is 7.88. The average Bonchev–Trinajstić information content (AvgIpc) is 3.46. The Balaban J connectivity index is 1.32. The Hall–Kier alpha value is -2.41. The van der Waals surface area contributed by atoms with Gasteiger partial charge in [0.25, 0.3) is 5.91 Å². The van der Waals surface area contributed by atoms with Gasteiger partial charge in [-0.2, -0.15) is 0 Å². The van der Waals surface area contributed by atoms with Crippen molar-refractivity contribution < 1.29 is 9.53 Å². The third-order valence-corrected chi connectivity index (χ3v) is 6.18. The van der Waals surface area contributed by atoms with Gasteiger partial charge < -0.3 is 15.0 Å². The highest BCUT2D eigenvalue weighted by molar-refractivity contribution is 6.04. The summed E-state index contributed by atoms with van der Waals surface area (Å²) >= 11 is 0. The zero-order valence-electron chi connectivity index (χ0n) is 15.4. The van der Waals surface area contributed by atoms with E-state index in [4.69, 9.17) is 4.74 Å². The largest absolute Gasteiger partial charge is 0.381 e. The van der Waals surface area contributed by atoms with E-state index in [0.717, 1.165) is 49.9 Å². The number of nitrogens with zero attached hydrogens (tertiary/aromatic N) is 4. The minimum atomic E-state index is -0.204. The van der Waals surface area contributed by atoms with Crippen LogP contribution in [0.3, 0.4) is 0 Å². The van der Waals surface area contributed by atoms with Gasteiger partial charge in [-0.25, -0.2) is 4.68 Å². The number of para-hydroxylation sites is 2. The van der Waals surface area contributed by atoms with Crippen molar-refractivity contribution in [2.45, 2.75) is 44.2 Å². The van der Waals surface area contributed by atoms with Crippen molar-refractivity contribution in [2.24, 2.45) is 5.92 Å². The van der Waals surface area contributed by atoms with Crippen LogP contribution in [0.1, 0.15) is 48.6 Å². The molecular formula is C20H25N5O2. The first-order valence-corrected chi connectivity index (χ1v) is 9.94. The third-order valence-electron chi connectivity index (χ3n) is 6.18. The molecule has 1 N–H and O–H groups in total. The van der Waals surface area contributed by atoms with Crippen LogP contribution in [0.2, 0.25) is 0 Å². The van der Waals surface area contributed by atoms with E-state index in [-0.39, 0.29) is 11.9 Å². The number of aromatic nitrogens is 3. The van der Waals surface area contributed by atoms with Crippen LogP contribution in [0.15, 0.2) is 30.5 Å². The molecule has 1 aliphatic carbocycles. The van der Waals surface area contributed by atoms with Crippen LogP contribution >= 0.6 is 0 Å². The lowest BCUT2D eigenvalue weighted by Crippen LogP contribution is -2.32. The highest BCUT2D eigenvalue weighted by Gasteiger charge is 2.38. The number of hydrogen-bond acceptors (Lipinski definition) is 5. The Labute approximate surface area is 158 Å². The molecule has 0 spiro atoms. The molecule has 1 aromatic heterocycles. The SMILES string of the molecule is O=C(Nc1ccccc1N1C[C@H]2CC[C@H]1C2)c1cn(C2CCOCC2)nn1. The quantitative estimate of drug-likeness (QED) is 0.900. The van der Waals surface area contributed by atoms with Crippen molar-refractivity contribution in [3.63, 3.8) is 0 Å². The normalized spacial score (nSPS) is 25.1. The van der Waals surface area contributed by atoms with Crippen molar-refractivity contribution >= 4 is 17.3 Å². The van der Waals surface area contributed by atoms with Crippen molar-refractivity contribution in [2.75, 3.05) is 30.0 Å². The van der Waals surface area contributed by atoms with Crippen LogP contribution in [-0.4, -0.2) is 46.7 Å².